The van der Waals surface area contributed by atoms with Crippen molar-refractivity contribution in [1.29, 1.82) is 0 Å². The van der Waals surface area contributed by atoms with Crippen LogP contribution in [0.2, 0.25) is 5.02 Å². The normalized spacial score (nSPS) is 17.7. The predicted molar refractivity (Wildman–Crippen MR) is 108 cm³/mol. The van der Waals surface area contributed by atoms with Crippen LogP contribution in [0.5, 0.6) is 5.75 Å². The number of hydrogen-bond donors (Lipinski definition) is 2. The topological polar surface area (TPSA) is 82.1 Å². The minimum Gasteiger partial charge on any atom is -0.495 e. The van der Waals surface area contributed by atoms with Gasteiger partial charge in [0.15, 0.2) is 0 Å². The summed E-state index contributed by atoms with van der Waals surface area (Å²) in [5, 5.41) is 12.3. The highest BCUT2D eigenvalue weighted by Crippen LogP contribution is 2.27. The molecule has 2 rings (SSSR count). The molecule has 0 saturated carbocycles. The van der Waals surface area contributed by atoms with E-state index in [-0.39, 0.29) is 37.4 Å². The van der Waals surface area contributed by atoms with Crippen LogP contribution in [0.15, 0.2) is 18.2 Å². The van der Waals surface area contributed by atoms with E-state index in [1.807, 2.05) is 11.9 Å². The molecule has 1 fully saturated rings. The molecule has 1 aliphatic rings. The Balaban J connectivity index is 0.00000364. The highest BCUT2D eigenvalue weighted by Gasteiger charge is 2.23. The maximum absolute atomic E-state index is 12.4. The van der Waals surface area contributed by atoms with E-state index in [1.165, 1.54) is 0 Å². The van der Waals surface area contributed by atoms with Crippen molar-refractivity contribution in [2.75, 3.05) is 45.7 Å². The first-order valence-electron chi connectivity index (χ1n) is 8.67. The highest BCUT2D eigenvalue weighted by molar-refractivity contribution is 6.31. The molecule has 1 heterocycles. The standard InChI is InChI=1S/C18H26ClN3O4.ClH/c1-21(12-18(24)25)14-4-3-8-22(9-7-14)11-17(23)20-15-10-13(19)5-6-16(15)26-2;/h5-6,10,14H,3-4,7-9,11-12H2,1-2H3,(H,20,23)(H,24,25);1H. The maximum atomic E-state index is 12.4. The van der Waals surface area contributed by atoms with Gasteiger partial charge in [0.25, 0.3) is 0 Å². The number of nitrogens with zero attached hydrogens (tertiary/aromatic N) is 2. The van der Waals surface area contributed by atoms with Gasteiger partial charge in [-0.2, -0.15) is 0 Å². The van der Waals surface area contributed by atoms with Crippen LogP contribution in [0, 0.1) is 0 Å². The number of rotatable bonds is 7. The van der Waals surface area contributed by atoms with Gasteiger partial charge in [-0.1, -0.05) is 11.6 Å². The third kappa shape index (κ3) is 7.54. The van der Waals surface area contributed by atoms with Gasteiger partial charge in [-0.15, -0.1) is 12.4 Å². The van der Waals surface area contributed by atoms with Gasteiger partial charge in [0, 0.05) is 17.6 Å². The number of nitrogens with one attached hydrogen (secondary N) is 1. The van der Waals surface area contributed by atoms with Crippen molar-refractivity contribution in [3.05, 3.63) is 23.2 Å². The van der Waals surface area contributed by atoms with E-state index in [2.05, 4.69) is 10.2 Å². The Morgan fingerprint density at radius 2 is 2.11 bits per heavy atom. The summed E-state index contributed by atoms with van der Waals surface area (Å²) < 4.78 is 5.24. The lowest BCUT2D eigenvalue weighted by Crippen LogP contribution is -2.37. The van der Waals surface area contributed by atoms with E-state index in [0.29, 0.717) is 16.5 Å². The molecule has 1 unspecified atom stereocenters. The van der Waals surface area contributed by atoms with E-state index < -0.39 is 5.97 Å². The first-order chi connectivity index (χ1) is 12.4. The van der Waals surface area contributed by atoms with Gasteiger partial charge in [-0.25, -0.2) is 0 Å². The fourth-order valence-corrected chi connectivity index (χ4v) is 3.42. The SMILES string of the molecule is COc1ccc(Cl)cc1NC(=O)CN1CCCC(N(C)CC(=O)O)CC1.Cl. The van der Waals surface area contributed by atoms with Gasteiger partial charge in [-0.3, -0.25) is 19.4 Å². The summed E-state index contributed by atoms with van der Waals surface area (Å²) in [6.45, 7) is 1.90. The molecule has 152 valence electrons. The molecular formula is C18H27Cl2N3O4. The molecule has 1 aromatic carbocycles. The summed E-state index contributed by atoms with van der Waals surface area (Å²) in [7, 11) is 3.38. The van der Waals surface area contributed by atoms with Crippen LogP contribution < -0.4 is 10.1 Å². The van der Waals surface area contributed by atoms with Crippen molar-refractivity contribution in [1.82, 2.24) is 9.80 Å². The summed E-state index contributed by atoms with van der Waals surface area (Å²) in [4.78, 5) is 27.2. The number of carboxylic acids is 1. The van der Waals surface area contributed by atoms with Crippen LogP contribution in [0.1, 0.15) is 19.3 Å². The van der Waals surface area contributed by atoms with Crippen molar-refractivity contribution < 1.29 is 19.4 Å². The second-order valence-corrected chi connectivity index (χ2v) is 7.00. The largest absolute Gasteiger partial charge is 0.495 e. The number of hydrogen-bond acceptors (Lipinski definition) is 5. The van der Waals surface area contributed by atoms with Crippen LogP contribution in [-0.4, -0.2) is 73.2 Å². The number of amides is 1. The average molecular weight is 420 g/mol. The van der Waals surface area contributed by atoms with Gasteiger partial charge >= 0.3 is 5.97 Å². The first kappa shape index (κ1) is 23.5. The fraction of sp³-hybridized carbons (Fsp3) is 0.556. The van der Waals surface area contributed by atoms with E-state index in [9.17, 15) is 9.59 Å². The molecule has 0 bridgehead atoms. The molecular weight excluding hydrogens is 393 g/mol. The number of methoxy groups -OCH3 is 1. The summed E-state index contributed by atoms with van der Waals surface area (Å²) in [5.41, 5.74) is 0.555. The van der Waals surface area contributed by atoms with Gasteiger partial charge in [0.1, 0.15) is 5.75 Å². The van der Waals surface area contributed by atoms with E-state index in [1.54, 1.807) is 25.3 Å². The molecule has 0 aliphatic carbocycles. The van der Waals surface area contributed by atoms with Crippen LogP contribution >= 0.6 is 24.0 Å². The Morgan fingerprint density at radius 1 is 1.37 bits per heavy atom. The van der Waals surface area contributed by atoms with Crippen LogP contribution in [0.25, 0.3) is 0 Å². The van der Waals surface area contributed by atoms with Crippen molar-refractivity contribution in [2.24, 2.45) is 0 Å². The van der Waals surface area contributed by atoms with Crippen molar-refractivity contribution in [2.45, 2.75) is 25.3 Å². The number of likely N-dealkylation sites (tertiary alicyclic amines) is 1. The molecule has 1 atom stereocenters. The maximum Gasteiger partial charge on any atom is 0.317 e. The minimum absolute atomic E-state index is 0. The van der Waals surface area contributed by atoms with Gasteiger partial charge in [-0.05, 0) is 51.1 Å². The minimum atomic E-state index is -0.816. The third-order valence-corrected chi connectivity index (χ3v) is 4.84. The third-order valence-electron chi connectivity index (χ3n) is 4.60. The quantitative estimate of drug-likeness (QED) is 0.706. The van der Waals surface area contributed by atoms with E-state index in [0.717, 1.165) is 32.4 Å². The number of carboxylic acid groups (broad SMARTS) is 1. The van der Waals surface area contributed by atoms with Gasteiger partial charge in [0.2, 0.25) is 5.91 Å². The number of carbonyl (C=O) groups is 2. The molecule has 27 heavy (non-hydrogen) atoms. The van der Waals surface area contributed by atoms with E-state index >= 15 is 0 Å². The summed E-state index contributed by atoms with van der Waals surface area (Å²) >= 11 is 5.99. The number of benzene rings is 1. The Hall–Kier alpha value is -1.54. The summed E-state index contributed by atoms with van der Waals surface area (Å²) in [6, 6.07) is 5.32. The average Bonchev–Trinajstić information content (AvgIpc) is 2.80. The van der Waals surface area contributed by atoms with E-state index in [4.69, 9.17) is 21.4 Å². The van der Waals surface area contributed by atoms with Gasteiger partial charge in [0.05, 0.1) is 25.9 Å². The Bertz CT molecular complexity index is 645. The molecule has 1 amide bonds. The molecule has 9 heteroatoms. The number of aliphatic carboxylic acids is 1. The lowest BCUT2D eigenvalue weighted by atomic mass is 10.1. The predicted octanol–water partition coefficient (Wildman–Crippen LogP) is 2.58. The first-order valence-corrected chi connectivity index (χ1v) is 9.04. The Morgan fingerprint density at radius 3 is 2.78 bits per heavy atom. The lowest BCUT2D eigenvalue weighted by Gasteiger charge is -2.25. The Labute approximate surface area is 171 Å². The zero-order valence-corrected chi connectivity index (χ0v) is 17.2. The van der Waals surface area contributed by atoms with Crippen LogP contribution in [0.3, 0.4) is 0 Å². The molecule has 0 spiro atoms. The number of carbonyl (C=O) groups excluding carboxylic acids is 1. The van der Waals surface area contributed by atoms with Crippen LogP contribution in [-0.2, 0) is 9.59 Å². The van der Waals surface area contributed by atoms with Crippen LogP contribution in [0.4, 0.5) is 5.69 Å². The summed E-state index contributed by atoms with van der Waals surface area (Å²) in [6.07, 6.45) is 2.71. The smallest absolute Gasteiger partial charge is 0.317 e. The zero-order chi connectivity index (χ0) is 19.1. The number of ether oxygens (including phenoxy) is 1. The monoisotopic (exact) mass is 419 g/mol. The number of likely N-dealkylation sites (N-methyl/N-ethyl adjacent to an activating group) is 1. The zero-order valence-electron chi connectivity index (χ0n) is 15.6. The van der Waals surface area contributed by atoms with Crippen molar-refractivity contribution in [3.63, 3.8) is 0 Å². The Kier molecular flexibility index (Phi) is 9.87. The lowest BCUT2D eigenvalue weighted by molar-refractivity contribution is -0.138. The number of halogens is 2. The number of anilines is 1. The van der Waals surface area contributed by atoms with Crippen molar-refractivity contribution in [3.8, 4) is 5.75 Å². The molecule has 7 nitrogen and oxygen atoms in total. The molecule has 1 saturated heterocycles. The highest BCUT2D eigenvalue weighted by atomic mass is 35.5. The summed E-state index contributed by atoms with van der Waals surface area (Å²) in [5.74, 6) is -0.375. The molecule has 0 radical (unpaired) electrons. The molecule has 1 aliphatic heterocycles. The molecule has 1 aromatic rings. The van der Waals surface area contributed by atoms with Gasteiger partial charge < -0.3 is 15.2 Å². The fourth-order valence-electron chi connectivity index (χ4n) is 3.25. The van der Waals surface area contributed by atoms with Crippen molar-refractivity contribution >= 4 is 41.6 Å². The molecule has 2 N–H and O–H groups in total. The molecule has 0 aromatic heterocycles. The second kappa shape index (κ2) is 11.3. The second-order valence-electron chi connectivity index (χ2n) is 6.56.